The molecule has 1 amide bonds. The van der Waals surface area contributed by atoms with E-state index in [2.05, 4.69) is 16.8 Å². The summed E-state index contributed by atoms with van der Waals surface area (Å²) in [6.45, 7) is 8.71. The number of halogens is 1. The molecule has 0 fully saturated rings. The molecular weight excluding hydrogens is 357 g/mol. The molecule has 0 aliphatic rings. The molecular formula is C22H26FN3O2. The summed E-state index contributed by atoms with van der Waals surface area (Å²) in [4.78, 5) is 12.6. The van der Waals surface area contributed by atoms with Crippen molar-refractivity contribution in [3.05, 3.63) is 58.2 Å². The number of carbonyl (C=O) groups is 1. The van der Waals surface area contributed by atoms with Crippen LogP contribution in [0.2, 0.25) is 0 Å². The van der Waals surface area contributed by atoms with Crippen molar-refractivity contribution in [1.29, 1.82) is 5.26 Å². The molecule has 0 bridgehead atoms. The van der Waals surface area contributed by atoms with Gasteiger partial charge in [-0.2, -0.15) is 5.26 Å². The van der Waals surface area contributed by atoms with Gasteiger partial charge in [0.2, 0.25) is 0 Å². The Morgan fingerprint density at radius 2 is 2.11 bits per heavy atom. The van der Waals surface area contributed by atoms with E-state index < -0.39 is 17.8 Å². The quantitative estimate of drug-likeness (QED) is 0.567. The zero-order chi connectivity index (χ0) is 20.8. The van der Waals surface area contributed by atoms with Gasteiger partial charge < -0.3 is 14.6 Å². The first kappa shape index (κ1) is 21.2. The van der Waals surface area contributed by atoms with Crippen LogP contribution >= 0.6 is 0 Å². The van der Waals surface area contributed by atoms with E-state index in [1.807, 2.05) is 26.0 Å². The standard InChI is InChI=1S/C22H26FN3O2/c1-6-9-26-14(2)10-18(16(26)4)11-19(13-24)22(27)25-15(3)17-7-8-21(28-5)20(23)12-17/h7-8,10-12,15H,6,9H2,1-5H3,(H,25,27)/b19-11+. The van der Waals surface area contributed by atoms with Gasteiger partial charge in [0.05, 0.1) is 13.2 Å². The Bertz CT molecular complexity index is 938. The van der Waals surface area contributed by atoms with Gasteiger partial charge in [-0.15, -0.1) is 0 Å². The predicted octanol–water partition coefficient (Wildman–Crippen LogP) is 4.45. The minimum Gasteiger partial charge on any atom is -0.494 e. The maximum atomic E-state index is 13.9. The molecule has 28 heavy (non-hydrogen) atoms. The minimum atomic E-state index is -0.500. The molecule has 0 saturated heterocycles. The van der Waals surface area contributed by atoms with Crippen LogP contribution in [-0.2, 0) is 11.3 Å². The summed E-state index contributed by atoms with van der Waals surface area (Å²) in [5.74, 6) is -0.852. The number of nitrogens with one attached hydrogen (secondary N) is 1. The van der Waals surface area contributed by atoms with Crippen LogP contribution in [0, 0.1) is 31.0 Å². The highest BCUT2D eigenvalue weighted by molar-refractivity contribution is 6.02. The second-order valence-electron chi connectivity index (χ2n) is 6.74. The number of aryl methyl sites for hydroxylation is 1. The van der Waals surface area contributed by atoms with Crippen LogP contribution in [0.5, 0.6) is 5.75 Å². The van der Waals surface area contributed by atoms with Crippen LogP contribution in [0.25, 0.3) is 6.08 Å². The first-order valence-electron chi connectivity index (χ1n) is 9.25. The lowest BCUT2D eigenvalue weighted by Crippen LogP contribution is -2.27. The molecule has 0 saturated carbocycles. The number of rotatable bonds is 7. The van der Waals surface area contributed by atoms with Gasteiger partial charge in [0.25, 0.3) is 5.91 Å². The Hall–Kier alpha value is -3.07. The maximum Gasteiger partial charge on any atom is 0.262 e. The van der Waals surface area contributed by atoms with Crippen molar-refractivity contribution in [2.24, 2.45) is 0 Å². The van der Waals surface area contributed by atoms with Gasteiger partial charge in [0, 0.05) is 17.9 Å². The monoisotopic (exact) mass is 383 g/mol. The van der Waals surface area contributed by atoms with Crippen LogP contribution < -0.4 is 10.1 Å². The lowest BCUT2D eigenvalue weighted by atomic mass is 10.1. The van der Waals surface area contributed by atoms with Gasteiger partial charge >= 0.3 is 0 Å². The largest absolute Gasteiger partial charge is 0.494 e. The highest BCUT2D eigenvalue weighted by Crippen LogP contribution is 2.23. The number of amides is 1. The average Bonchev–Trinajstić information content (AvgIpc) is 2.93. The highest BCUT2D eigenvalue weighted by Gasteiger charge is 2.17. The van der Waals surface area contributed by atoms with Crippen molar-refractivity contribution < 1.29 is 13.9 Å². The molecule has 1 N–H and O–H groups in total. The summed E-state index contributed by atoms with van der Waals surface area (Å²) in [6, 6.07) is 7.99. The molecule has 1 aromatic carbocycles. The van der Waals surface area contributed by atoms with Crippen molar-refractivity contribution in [1.82, 2.24) is 9.88 Å². The Labute approximate surface area is 165 Å². The zero-order valence-corrected chi connectivity index (χ0v) is 17.0. The zero-order valence-electron chi connectivity index (χ0n) is 17.0. The van der Waals surface area contributed by atoms with E-state index in [4.69, 9.17) is 4.74 Å². The third-order valence-corrected chi connectivity index (χ3v) is 4.75. The Balaban J connectivity index is 2.22. The fourth-order valence-electron chi connectivity index (χ4n) is 3.16. The van der Waals surface area contributed by atoms with Gasteiger partial charge in [-0.05, 0) is 62.6 Å². The molecule has 0 radical (unpaired) electrons. The van der Waals surface area contributed by atoms with Crippen LogP contribution in [0.4, 0.5) is 4.39 Å². The van der Waals surface area contributed by atoms with Gasteiger partial charge in [0.1, 0.15) is 11.6 Å². The number of hydrogen-bond donors (Lipinski definition) is 1. The number of benzene rings is 1. The molecule has 148 valence electrons. The minimum absolute atomic E-state index is 0.0117. The third kappa shape index (κ3) is 4.61. The van der Waals surface area contributed by atoms with Crippen molar-refractivity contribution >= 4 is 12.0 Å². The second kappa shape index (κ2) is 9.23. The lowest BCUT2D eigenvalue weighted by Gasteiger charge is -2.15. The number of methoxy groups -OCH3 is 1. The summed E-state index contributed by atoms with van der Waals surface area (Å²) in [6.07, 6.45) is 2.60. The lowest BCUT2D eigenvalue weighted by molar-refractivity contribution is -0.117. The van der Waals surface area contributed by atoms with Crippen LogP contribution in [-0.4, -0.2) is 17.6 Å². The highest BCUT2D eigenvalue weighted by atomic mass is 19.1. The third-order valence-electron chi connectivity index (χ3n) is 4.75. The number of carbonyl (C=O) groups excluding carboxylic acids is 1. The molecule has 0 aliphatic carbocycles. The maximum absolute atomic E-state index is 13.9. The topological polar surface area (TPSA) is 67.0 Å². The van der Waals surface area contributed by atoms with Gasteiger partial charge in [0.15, 0.2) is 11.6 Å². The Kier molecular flexibility index (Phi) is 7.00. The van der Waals surface area contributed by atoms with Crippen molar-refractivity contribution in [2.75, 3.05) is 7.11 Å². The van der Waals surface area contributed by atoms with Crippen molar-refractivity contribution in [3.8, 4) is 11.8 Å². The molecule has 1 unspecified atom stereocenters. The van der Waals surface area contributed by atoms with E-state index in [0.717, 1.165) is 29.9 Å². The first-order valence-corrected chi connectivity index (χ1v) is 9.25. The Morgan fingerprint density at radius 1 is 1.39 bits per heavy atom. The molecule has 1 aromatic heterocycles. The number of hydrogen-bond acceptors (Lipinski definition) is 3. The first-order chi connectivity index (χ1) is 13.3. The summed E-state index contributed by atoms with van der Waals surface area (Å²) < 4.78 is 21.0. The smallest absolute Gasteiger partial charge is 0.262 e. The van der Waals surface area contributed by atoms with Crippen LogP contribution in [0.3, 0.4) is 0 Å². The van der Waals surface area contributed by atoms with Gasteiger partial charge in [-0.1, -0.05) is 13.0 Å². The van der Waals surface area contributed by atoms with E-state index in [1.54, 1.807) is 19.1 Å². The van der Waals surface area contributed by atoms with Gasteiger partial charge in [-0.25, -0.2) is 4.39 Å². The van der Waals surface area contributed by atoms with Crippen molar-refractivity contribution in [2.45, 2.75) is 46.7 Å². The van der Waals surface area contributed by atoms with Gasteiger partial charge in [-0.3, -0.25) is 4.79 Å². The average molecular weight is 383 g/mol. The summed E-state index contributed by atoms with van der Waals surface area (Å²) in [7, 11) is 1.39. The summed E-state index contributed by atoms with van der Waals surface area (Å²) in [5, 5.41) is 12.2. The molecule has 0 spiro atoms. The Morgan fingerprint density at radius 3 is 2.68 bits per heavy atom. The van der Waals surface area contributed by atoms with E-state index in [-0.39, 0.29) is 11.3 Å². The summed E-state index contributed by atoms with van der Waals surface area (Å²) in [5.41, 5.74) is 3.55. The number of aromatic nitrogens is 1. The molecule has 6 heteroatoms. The van der Waals surface area contributed by atoms with E-state index in [1.165, 1.54) is 19.2 Å². The predicted molar refractivity (Wildman–Crippen MR) is 107 cm³/mol. The van der Waals surface area contributed by atoms with E-state index in [0.29, 0.717) is 5.56 Å². The molecule has 5 nitrogen and oxygen atoms in total. The van der Waals surface area contributed by atoms with Crippen molar-refractivity contribution in [3.63, 3.8) is 0 Å². The number of nitrogens with zero attached hydrogens (tertiary/aromatic N) is 2. The molecule has 2 rings (SSSR count). The normalized spacial score (nSPS) is 12.4. The molecule has 0 aliphatic heterocycles. The fourth-order valence-corrected chi connectivity index (χ4v) is 3.16. The molecule has 2 aromatic rings. The van der Waals surface area contributed by atoms with E-state index >= 15 is 0 Å². The summed E-state index contributed by atoms with van der Waals surface area (Å²) >= 11 is 0. The molecule has 1 atom stereocenters. The van der Waals surface area contributed by atoms with Crippen LogP contribution in [0.15, 0.2) is 29.8 Å². The SMILES string of the molecule is CCCn1c(C)cc(/C=C(\C#N)C(=O)NC(C)c2ccc(OC)c(F)c2)c1C. The van der Waals surface area contributed by atoms with E-state index in [9.17, 15) is 14.4 Å². The molecule has 1 heterocycles. The number of nitriles is 1. The second-order valence-corrected chi connectivity index (χ2v) is 6.74. The fraction of sp³-hybridized carbons (Fsp3) is 0.364. The number of ether oxygens (including phenoxy) is 1. The van der Waals surface area contributed by atoms with Crippen LogP contribution in [0.1, 0.15) is 48.8 Å².